The first-order chi connectivity index (χ1) is 13.0. The lowest BCUT2D eigenvalue weighted by Gasteiger charge is -2.20. The van der Waals surface area contributed by atoms with Crippen molar-refractivity contribution in [1.29, 1.82) is 0 Å². The van der Waals surface area contributed by atoms with Gasteiger partial charge < -0.3 is 18.9 Å². The number of fused-ring (bicyclic) bond motifs is 1. The van der Waals surface area contributed by atoms with Gasteiger partial charge in [0.05, 0.1) is 32.9 Å². The van der Waals surface area contributed by atoms with Crippen LogP contribution in [0.3, 0.4) is 0 Å². The molecule has 0 N–H and O–H groups in total. The van der Waals surface area contributed by atoms with E-state index < -0.39 is 0 Å². The van der Waals surface area contributed by atoms with Crippen molar-refractivity contribution in [2.45, 2.75) is 12.8 Å². The molecule has 0 saturated heterocycles. The Morgan fingerprint density at radius 1 is 0.889 bits per heavy atom. The molecule has 0 aliphatic heterocycles. The maximum Gasteiger partial charge on any atom is 0.203 e. The lowest BCUT2D eigenvalue weighted by atomic mass is 9.86. The molecule has 2 aromatic rings. The summed E-state index contributed by atoms with van der Waals surface area (Å²) >= 11 is 3.55. The normalized spacial score (nSPS) is 14.7. The average Bonchev–Trinajstić information content (AvgIpc) is 2.69. The van der Waals surface area contributed by atoms with Crippen LogP contribution in [0.15, 0.2) is 34.3 Å². The summed E-state index contributed by atoms with van der Waals surface area (Å²) in [6.45, 7) is 0. The molecule has 0 atom stereocenters. The van der Waals surface area contributed by atoms with Crippen LogP contribution < -0.4 is 18.9 Å². The number of methoxy groups -OCH3 is 4. The Hall–Kier alpha value is -2.47. The quantitative estimate of drug-likeness (QED) is 0.641. The maximum absolute atomic E-state index is 13.0. The molecule has 0 amide bonds. The minimum Gasteiger partial charge on any atom is -0.496 e. The molecular weight excluding hydrogens is 412 g/mol. The number of ether oxygens (including phenoxy) is 4. The summed E-state index contributed by atoms with van der Waals surface area (Å²) in [7, 11) is 6.32. The Morgan fingerprint density at radius 3 is 2.07 bits per heavy atom. The number of carbonyl (C=O) groups excluding carboxylic acids is 1. The van der Waals surface area contributed by atoms with Gasteiger partial charge in [0.1, 0.15) is 5.75 Å². The molecule has 6 heteroatoms. The van der Waals surface area contributed by atoms with Gasteiger partial charge in [-0.05, 0) is 70.2 Å². The molecule has 0 spiro atoms. The van der Waals surface area contributed by atoms with Gasteiger partial charge in [0.15, 0.2) is 17.3 Å². The van der Waals surface area contributed by atoms with E-state index in [9.17, 15) is 4.79 Å². The second-order valence-corrected chi connectivity index (χ2v) is 6.86. The van der Waals surface area contributed by atoms with Gasteiger partial charge >= 0.3 is 0 Å². The van der Waals surface area contributed by atoms with Crippen LogP contribution in [0.4, 0.5) is 0 Å². The Morgan fingerprint density at radius 2 is 1.52 bits per heavy atom. The van der Waals surface area contributed by atoms with E-state index in [1.165, 1.54) is 0 Å². The molecule has 0 fully saturated rings. The minimum atomic E-state index is 0.0216. The Labute approximate surface area is 167 Å². The van der Waals surface area contributed by atoms with E-state index in [1.807, 2.05) is 30.3 Å². The number of carbonyl (C=O) groups is 1. The topological polar surface area (TPSA) is 54.0 Å². The van der Waals surface area contributed by atoms with Crippen LogP contribution in [-0.4, -0.2) is 34.2 Å². The lowest BCUT2D eigenvalue weighted by molar-refractivity contribution is 0.102. The van der Waals surface area contributed by atoms with Crippen LogP contribution in [0.5, 0.6) is 23.0 Å². The minimum absolute atomic E-state index is 0.0216. The molecule has 142 valence electrons. The summed E-state index contributed by atoms with van der Waals surface area (Å²) in [6, 6.07) is 7.30. The third kappa shape index (κ3) is 3.54. The smallest absolute Gasteiger partial charge is 0.203 e. The average molecular weight is 433 g/mol. The molecule has 2 aromatic carbocycles. The summed E-state index contributed by atoms with van der Waals surface area (Å²) < 4.78 is 22.3. The first kappa shape index (κ1) is 19.3. The van der Waals surface area contributed by atoms with Crippen molar-refractivity contribution in [3.63, 3.8) is 0 Å². The van der Waals surface area contributed by atoms with Crippen molar-refractivity contribution >= 4 is 27.8 Å². The number of rotatable bonds is 5. The fraction of sp³-hybridized carbons (Fsp3) is 0.286. The second-order valence-electron chi connectivity index (χ2n) is 6.07. The zero-order valence-electron chi connectivity index (χ0n) is 15.7. The van der Waals surface area contributed by atoms with Crippen LogP contribution in [0, 0.1) is 0 Å². The number of hydrogen-bond donors (Lipinski definition) is 0. The molecule has 27 heavy (non-hydrogen) atoms. The van der Waals surface area contributed by atoms with E-state index in [0.29, 0.717) is 29.2 Å². The zero-order valence-corrected chi connectivity index (χ0v) is 17.3. The molecule has 0 radical (unpaired) electrons. The van der Waals surface area contributed by atoms with Gasteiger partial charge in [-0.2, -0.15) is 0 Å². The Bertz CT molecular complexity index is 892. The number of halogens is 1. The molecule has 3 rings (SSSR count). The van der Waals surface area contributed by atoms with Gasteiger partial charge in [-0.25, -0.2) is 0 Å². The van der Waals surface area contributed by atoms with Crippen molar-refractivity contribution < 1.29 is 23.7 Å². The highest BCUT2D eigenvalue weighted by Gasteiger charge is 2.25. The third-order valence-electron chi connectivity index (χ3n) is 4.64. The fourth-order valence-corrected chi connectivity index (χ4v) is 3.99. The van der Waals surface area contributed by atoms with E-state index in [-0.39, 0.29) is 5.78 Å². The summed E-state index contributed by atoms with van der Waals surface area (Å²) in [5.41, 5.74) is 3.26. The molecule has 1 aliphatic carbocycles. The lowest BCUT2D eigenvalue weighted by Crippen LogP contribution is -2.15. The highest BCUT2D eigenvalue weighted by molar-refractivity contribution is 9.10. The second kappa shape index (κ2) is 8.05. The van der Waals surface area contributed by atoms with E-state index in [1.54, 1.807) is 28.4 Å². The van der Waals surface area contributed by atoms with Crippen LogP contribution in [0.2, 0.25) is 0 Å². The Kier molecular flexibility index (Phi) is 5.75. The van der Waals surface area contributed by atoms with Crippen LogP contribution in [0.25, 0.3) is 6.08 Å². The largest absolute Gasteiger partial charge is 0.496 e. The number of ketones is 1. The first-order valence-electron chi connectivity index (χ1n) is 8.44. The molecule has 0 unspecified atom stereocenters. The van der Waals surface area contributed by atoms with Gasteiger partial charge in [0.2, 0.25) is 5.75 Å². The zero-order chi connectivity index (χ0) is 19.6. The summed E-state index contributed by atoms with van der Waals surface area (Å²) in [4.78, 5) is 13.0. The van der Waals surface area contributed by atoms with E-state index in [2.05, 4.69) is 15.9 Å². The monoisotopic (exact) mass is 432 g/mol. The van der Waals surface area contributed by atoms with Crippen molar-refractivity contribution in [3.8, 4) is 23.0 Å². The molecule has 5 nitrogen and oxygen atoms in total. The van der Waals surface area contributed by atoms with Gasteiger partial charge in [-0.3, -0.25) is 4.79 Å². The summed E-state index contributed by atoms with van der Waals surface area (Å²) in [6.07, 6.45) is 3.29. The van der Waals surface area contributed by atoms with E-state index in [4.69, 9.17) is 18.9 Å². The van der Waals surface area contributed by atoms with Crippen LogP contribution >= 0.6 is 15.9 Å². The van der Waals surface area contributed by atoms with Gasteiger partial charge in [-0.15, -0.1) is 0 Å². The van der Waals surface area contributed by atoms with Crippen LogP contribution in [-0.2, 0) is 6.42 Å². The maximum atomic E-state index is 13.0. The third-order valence-corrected chi connectivity index (χ3v) is 5.51. The van der Waals surface area contributed by atoms with E-state index in [0.717, 1.165) is 33.3 Å². The fourth-order valence-electron chi connectivity index (χ4n) is 3.28. The number of allylic oxidation sites excluding steroid dienone is 1. The van der Waals surface area contributed by atoms with Crippen molar-refractivity contribution in [2.24, 2.45) is 0 Å². The highest BCUT2D eigenvalue weighted by atomic mass is 79.9. The number of benzene rings is 2. The highest BCUT2D eigenvalue weighted by Crippen LogP contribution is 2.40. The Balaban J connectivity index is 2.02. The van der Waals surface area contributed by atoms with Gasteiger partial charge in [-0.1, -0.05) is 0 Å². The first-order valence-corrected chi connectivity index (χ1v) is 9.24. The van der Waals surface area contributed by atoms with E-state index >= 15 is 0 Å². The number of hydrogen-bond acceptors (Lipinski definition) is 5. The standard InChI is InChI=1S/C21H21BrO5/c1-24-16-8-7-15-14(19(16)22)6-5-13(20(15)23)9-12-10-17(25-2)21(27-4)18(11-12)26-3/h7-11H,5-6H2,1-4H3/b13-9+. The molecule has 0 aromatic heterocycles. The van der Waals surface area contributed by atoms with Crippen molar-refractivity contribution in [2.75, 3.05) is 28.4 Å². The predicted octanol–water partition coefficient (Wildman–Crippen LogP) is 4.70. The molecular formula is C21H21BrO5. The van der Waals surface area contributed by atoms with Crippen molar-refractivity contribution in [1.82, 2.24) is 0 Å². The molecule has 1 aliphatic rings. The molecule has 0 saturated carbocycles. The van der Waals surface area contributed by atoms with Crippen LogP contribution in [0.1, 0.15) is 27.9 Å². The van der Waals surface area contributed by atoms with Crippen molar-refractivity contribution in [3.05, 3.63) is 51.0 Å². The molecule has 0 heterocycles. The predicted molar refractivity (Wildman–Crippen MR) is 107 cm³/mol. The SMILES string of the molecule is COc1ccc2c(c1Br)CC/C(=C\c1cc(OC)c(OC)c(OC)c1)C2=O. The molecule has 0 bridgehead atoms. The van der Waals surface area contributed by atoms with Gasteiger partial charge in [0, 0.05) is 11.1 Å². The summed E-state index contributed by atoms with van der Waals surface area (Å²) in [5.74, 6) is 2.39. The van der Waals surface area contributed by atoms with Gasteiger partial charge in [0.25, 0.3) is 0 Å². The summed E-state index contributed by atoms with van der Waals surface area (Å²) in [5, 5.41) is 0. The number of Topliss-reactive ketones (excluding diaryl/α,β-unsaturated/α-hetero) is 1.